The van der Waals surface area contributed by atoms with Gasteiger partial charge in [0, 0.05) is 25.0 Å². The quantitative estimate of drug-likeness (QED) is 0.792. The molecule has 2 rings (SSSR count). The van der Waals surface area contributed by atoms with Gasteiger partial charge < -0.3 is 14.0 Å². The lowest BCUT2D eigenvalue weighted by atomic mass is 10.1. The fourth-order valence-electron chi connectivity index (χ4n) is 2.19. The van der Waals surface area contributed by atoms with Crippen molar-refractivity contribution in [1.82, 2.24) is 4.57 Å². The predicted molar refractivity (Wildman–Crippen MR) is 77.7 cm³/mol. The van der Waals surface area contributed by atoms with Gasteiger partial charge in [-0.1, -0.05) is 0 Å². The Labute approximate surface area is 114 Å². The van der Waals surface area contributed by atoms with Crippen LogP contribution in [-0.2, 0) is 11.3 Å². The molecule has 0 amide bonds. The van der Waals surface area contributed by atoms with E-state index in [-0.39, 0.29) is 0 Å². The van der Waals surface area contributed by atoms with Crippen molar-refractivity contribution in [1.29, 1.82) is 0 Å². The number of hydrogen-bond donors (Lipinski definition) is 0. The summed E-state index contributed by atoms with van der Waals surface area (Å²) in [5, 5.41) is 0. The lowest BCUT2D eigenvalue weighted by molar-refractivity contribution is 0.187. The second kappa shape index (κ2) is 6.43. The van der Waals surface area contributed by atoms with E-state index in [9.17, 15) is 0 Å². The number of ether oxygens (including phenoxy) is 2. The van der Waals surface area contributed by atoms with Crippen LogP contribution in [0, 0.1) is 6.92 Å². The first-order valence-corrected chi connectivity index (χ1v) is 6.64. The van der Waals surface area contributed by atoms with E-state index in [2.05, 4.69) is 35.8 Å². The summed E-state index contributed by atoms with van der Waals surface area (Å²) in [5.74, 6) is 0.915. The van der Waals surface area contributed by atoms with E-state index in [1.54, 1.807) is 7.11 Å². The van der Waals surface area contributed by atoms with Crippen molar-refractivity contribution in [2.75, 3.05) is 20.3 Å². The summed E-state index contributed by atoms with van der Waals surface area (Å²) < 4.78 is 12.9. The van der Waals surface area contributed by atoms with Crippen molar-refractivity contribution in [3.63, 3.8) is 0 Å². The highest BCUT2D eigenvalue weighted by Crippen LogP contribution is 2.24. The molecule has 102 valence electrons. The molecule has 0 saturated carbocycles. The number of aromatic nitrogens is 1. The molecular formula is C16H21NO2. The third-order valence-corrected chi connectivity index (χ3v) is 3.18. The number of hydrogen-bond acceptors (Lipinski definition) is 2. The first-order valence-electron chi connectivity index (χ1n) is 6.64. The van der Waals surface area contributed by atoms with Crippen LogP contribution in [0.5, 0.6) is 5.75 Å². The highest BCUT2D eigenvalue weighted by Gasteiger charge is 2.07. The zero-order chi connectivity index (χ0) is 13.7. The third-order valence-electron chi connectivity index (χ3n) is 3.18. The van der Waals surface area contributed by atoms with Crippen molar-refractivity contribution in [2.24, 2.45) is 0 Å². The van der Waals surface area contributed by atoms with Crippen LogP contribution in [-0.4, -0.2) is 24.9 Å². The molecule has 2 aromatic rings. The maximum atomic E-state index is 5.47. The molecule has 0 spiro atoms. The van der Waals surface area contributed by atoms with Crippen molar-refractivity contribution in [2.45, 2.75) is 20.4 Å². The van der Waals surface area contributed by atoms with E-state index in [1.165, 1.54) is 17.0 Å². The van der Waals surface area contributed by atoms with E-state index >= 15 is 0 Å². The minimum Gasteiger partial charge on any atom is -0.494 e. The molecule has 0 fully saturated rings. The number of methoxy groups -OCH3 is 1. The number of rotatable bonds is 6. The molecule has 1 aromatic heterocycles. The first kappa shape index (κ1) is 13.7. The van der Waals surface area contributed by atoms with Crippen LogP contribution in [0.2, 0.25) is 0 Å². The van der Waals surface area contributed by atoms with Gasteiger partial charge in [0.1, 0.15) is 5.75 Å². The summed E-state index contributed by atoms with van der Waals surface area (Å²) in [6.07, 6.45) is 0. The number of benzene rings is 1. The highest BCUT2D eigenvalue weighted by molar-refractivity contribution is 5.61. The average Bonchev–Trinajstić information content (AvgIpc) is 2.79. The Morgan fingerprint density at radius 1 is 1.05 bits per heavy atom. The lowest BCUT2D eigenvalue weighted by Crippen LogP contribution is -2.07. The van der Waals surface area contributed by atoms with Gasteiger partial charge in [-0.25, -0.2) is 0 Å². The van der Waals surface area contributed by atoms with Crippen LogP contribution in [0.15, 0.2) is 36.4 Å². The molecule has 0 bridgehead atoms. The minimum absolute atomic E-state index is 0.697. The maximum Gasteiger partial charge on any atom is 0.119 e. The van der Waals surface area contributed by atoms with Crippen molar-refractivity contribution in [3.8, 4) is 17.0 Å². The van der Waals surface area contributed by atoms with Crippen LogP contribution in [0.3, 0.4) is 0 Å². The van der Waals surface area contributed by atoms with Crippen LogP contribution in [0.4, 0.5) is 0 Å². The molecule has 0 aliphatic carbocycles. The molecular weight excluding hydrogens is 238 g/mol. The Hall–Kier alpha value is -1.74. The second-order valence-corrected chi connectivity index (χ2v) is 4.46. The van der Waals surface area contributed by atoms with Gasteiger partial charge in [-0.2, -0.15) is 0 Å². The molecule has 0 atom stereocenters. The Bertz CT molecular complexity index is 514. The molecule has 0 N–H and O–H groups in total. The van der Waals surface area contributed by atoms with Crippen molar-refractivity contribution >= 4 is 0 Å². The normalized spacial score (nSPS) is 10.7. The fourth-order valence-corrected chi connectivity index (χ4v) is 2.19. The summed E-state index contributed by atoms with van der Waals surface area (Å²) in [6, 6.07) is 12.5. The second-order valence-electron chi connectivity index (χ2n) is 4.46. The van der Waals surface area contributed by atoms with E-state index in [0.29, 0.717) is 6.61 Å². The van der Waals surface area contributed by atoms with Gasteiger partial charge in [-0.05, 0) is 55.8 Å². The Balaban J connectivity index is 2.25. The largest absolute Gasteiger partial charge is 0.494 e. The molecule has 3 heteroatoms. The maximum absolute atomic E-state index is 5.47. The van der Waals surface area contributed by atoms with Gasteiger partial charge in [-0.15, -0.1) is 0 Å². The number of nitrogens with zero attached hydrogens (tertiary/aromatic N) is 1. The molecule has 3 nitrogen and oxygen atoms in total. The molecule has 1 heterocycles. The summed E-state index contributed by atoms with van der Waals surface area (Å²) >= 11 is 0. The topological polar surface area (TPSA) is 23.4 Å². The summed E-state index contributed by atoms with van der Waals surface area (Å²) in [4.78, 5) is 0. The van der Waals surface area contributed by atoms with E-state index in [0.717, 1.165) is 18.9 Å². The van der Waals surface area contributed by atoms with Crippen LogP contribution in [0.1, 0.15) is 12.6 Å². The highest BCUT2D eigenvalue weighted by atomic mass is 16.5. The van der Waals surface area contributed by atoms with E-state index in [1.807, 2.05) is 19.1 Å². The van der Waals surface area contributed by atoms with Gasteiger partial charge in [-0.3, -0.25) is 0 Å². The SMILES string of the molecule is CCOc1ccc(-c2ccc(C)n2CCOC)cc1. The average molecular weight is 259 g/mol. The van der Waals surface area contributed by atoms with E-state index in [4.69, 9.17) is 9.47 Å². The lowest BCUT2D eigenvalue weighted by Gasteiger charge is -2.12. The summed E-state index contributed by atoms with van der Waals surface area (Å²) in [6.45, 7) is 6.40. The van der Waals surface area contributed by atoms with E-state index < -0.39 is 0 Å². The molecule has 0 aliphatic heterocycles. The van der Waals surface area contributed by atoms with Gasteiger partial charge >= 0.3 is 0 Å². The summed E-state index contributed by atoms with van der Waals surface area (Å²) in [5.41, 5.74) is 3.67. The van der Waals surface area contributed by atoms with Crippen LogP contribution in [0.25, 0.3) is 11.3 Å². The summed E-state index contributed by atoms with van der Waals surface area (Å²) in [7, 11) is 1.73. The smallest absolute Gasteiger partial charge is 0.119 e. The molecule has 19 heavy (non-hydrogen) atoms. The minimum atomic E-state index is 0.697. The molecule has 0 radical (unpaired) electrons. The van der Waals surface area contributed by atoms with Crippen molar-refractivity contribution in [3.05, 3.63) is 42.1 Å². The van der Waals surface area contributed by atoms with Gasteiger partial charge in [0.05, 0.1) is 13.2 Å². The van der Waals surface area contributed by atoms with Gasteiger partial charge in [0.25, 0.3) is 0 Å². The zero-order valence-corrected chi connectivity index (χ0v) is 11.8. The molecule has 0 aliphatic rings. The van der Waals surface area contributed by atoms with Gasteiger partial charge in [0.2, 0.25) is 0 Å². The van der Waals surface area contributed by atoms with Crippen molar-refractivity contribution < 1.29 is 9.47 Å². The standard InChI is InChI=1S/C16H21NO2/c1-4-19-15-8-6-14(7-9-15)16-10-5-13(2)17(16)11-12-18-3/h5-10H,4,11-12H2,1-3H3. The Morgan fingerprint density at radius 3 is 2.42 bits per heavy atom. The first-order chi connectivity index (χ1) is 9.26. The Morgan fingerprint density at radius 2 is 1.79 bits per heavy atom. The zero-order valence-electron chi connectivity index (χ0n) is 11.8. The molecule has 0 unspecified atom stereocenters. The number of aryl methyl sites for hydroxylation is 1. The monoisotopic (exact) mass is 259 g/mol. The molecule has 0 saturated heterocycles. The Kier molecular flexibility index (Phi) is 4.63. The third kappa shape index (κ3) is 3.18. The fraction of sp³-hybridized carbons (Fsp3) is 0.375. The predicted octanol–water partition coefficient (Wildman–Crippen LogP) is 3.51. The molecule has 1 aromatic carbocycles. The van der Waals surface area contributed by atoms with Crippen LogP contribution < -0.4 is 4.74 Å². The van der Waals surface area contributed by atoms with Crippen LogP contribution >= 0.6 is 0 Å². The van der Waals surface area contributed by atoms with Gasteiger partial charge in [0.15, 0.2) is 0 Å².